The molecule has 9 heteroatoms. The van der Waals surface area contributed by atoms with Crippen molar-refractivity contribution in [1.82, 2.24) is 20.8 Å². The molecule has 0 bridgehead atoms. The topological polar surface area (TPSA) is 78.9 Å². The molecular formula is C17H20FN5OS2. The Labute approximate surface area is 161 Å². The van der Waals surface area contributed by atoms with Crippen LogP contribution in [0.3, 0.4) is 0 Å². The molecule has 0 saturated heterocycles. The van der Waals surface area contributed by atoms with E-state index < -0.39 is 5.82 Å². The molecule has 6 nitrogen and oxygen atoms in total. The molecule has 1 amide bonds. The zero-order valence-electron chi connectivity index (χ0n) is 14.7. The minimum Gasteiger partial charge on any atom is -0.329 e. The maximum Gasteiger partial charge on any atom is 0.238 e. The van der Waals surface area contributed by atoms with Crippen molar-refractivity contribution in [1.29, 1.82) is 0 Å². The number of anilines is 1. The van der Waals surface area contributed by atoms with Gasteiger partial charge in [-0.1, -0.05) is 23.9 Å². The summed E-state index contributed by atoms with van der Waals surface area (Å²) in [7, 11) is 0. The average molecular weight is 394 g/mol. The summed E-state index contributed by atoms with van der Waals surface area (Å²) in [4.78, 5) is 20.8. The van der Waals surface area contributed by atoms with E-state index in [1.54, 1.807) is 18.2 Å². The SMILES string of the molecule is CSc1nc(C)c(CCC(=O)NNC(=S)Nc2ccccc2F)c(C)n1. The summed E-state index contributed by atoms with van der Waals surface area (Å²) < 4.78 is 13.5. The number of amides is 1. The second kappa shape index (κ2) is 9.44. The molecule has 0 radical (unpaired) electrons. The molecule has 0 aliphatic rings. The fraction of sp³-hybridized carbons (Fsp3) is 0.294. The van der Waals surface area contributed by atoms with Gasteiger partial charge in [0.2, 0.25) is 5.91 Å². The van der Waals surface area contributed by atoms with Gasteiger partial charge in [0.25, 0.3) is 0 Å². The van der Waals surface area contributed by atoms with Crippen LogP contribution in [0, 0.1) is 19.7 Å². The molecule has 2 rings (SSSR count). The number of hydrogen-bond donors (Lipinski definition) is 3. The summed E-state index contributed by atoms with van der Waals surface area (Å²) in [5.74, 6) is -0.668. The zero-order chi connectivity index (χ0) is 19.1. The monoisotopic (exact) mass is 393 g/mol. The van der Waals surface area contributed by atoms with E-state index >= 15 is 0 Å². The van der Waals surface area contributed by atoms with Crippen LogP contribution >= 0.6 is 24.0 Å². The number of nitrogens with one attached hydrogen (secondary N) is 3. The third kappa shape index (κ3) is 5.63. The fourth-order valence-electron chi connectivity index (χ4n) is 2.31. The zero-order valence-corrected chi connectivity index (χ0v) is 16.4. The van der Waals surface area contributed by atoms with Gasteiger partial charge in [0, 0.05) is 17.8 Å². The van der Waals surface area contributed by atoms with Crippen LogP contribution in [0.2, 0.25) is 0 Å². The molecule has 1 aromatic heterocycles. The molecule has 2 aromatic rings. The standard InChI is InChI=1S/C17H20FN5OS2/c1-10-12(11(2)20-17(19-10)26-3)8-9-15(24)22-23-16(25)21-14-7-5-4-6-13(14)18/h4-7H,8-9H2,1-3H3,(H,22,24)(H2,21,23,25). The molecule has 26 heavy (non-hydrogen) atoms. The number of halogens is 1. The Hall–Kier alpha value is -2.26. The Morgan fingerprint density at radius 2 is 1.85 bits per heavy atom. The highest BCUT2D eigenvalue weighted by Crippen LogP contribution is 2.17. The molecule has 0 aliphatic carbocycles. The molecule has 0 saturated carbocycles. The first-order valence-electron chi connectivity index (χ1n) is 7.89. The molecule has 0 fully saturated rings. The van der Waals surface area contributed by atoms with E-state index in [2.05, 4.69) is 26.1 Å². The van der Waals surface area contributed by atoms with Crippen LogP contribution in [0.5, 0.6) is 0 Å². The first-order valence-corrected chi connectivity index (χ1v) is 9.52. The molecule has 0 unspecified atom stereocenters. The molecule has 0 aliphatic heterocycles. The first kappa shape index (κ1) is 20.1. The molecule has 3 N–H and O–H groups in total. The number of thioether (sulfide) groups is 1. The highest BCUT2D eigenvalue weighted by molar-refractivity contribution is 7.98. The van der Waals surface area contributed by atoms with Crippen LogP contribution in [0.15, 0.2) is 29.4 Å². The van der Waals surface area contributed by atoms with E-state index in [0.717, 1.165) is 22.1 Å². The second-order valence-corrected chi connectivity index (χ2v) is 6.65. The predicted molar refractivity (Wildman–Crippen MR) is 106 cm³/mol. The van der Waals surface area contributed by atoms with Gasteiger partial charge in [0.05, 0.1) is 5.69 Å². The summed E-state index contributed by atoms with van der Waals surface area (Å²) in [6.45, 7) is 3.82. The van der Waals surface area contributed by atoms with Crippen molar-refractivity contribution in [3.63, 3.8) is 0 Å². The van der Waals surface area contributed by atoms with Crippen LogP contribution in [-0.2, 0) is 11.2 Å². The third-order valence-corrected chi connectivity index (χ3v) is 4.37. The van der Waals surface area contributed by atoms with Crippen molar-refractivity contribution in [2.75, 3.05) is 11.6 Å². The molecule has 138 valence electrons. The Kier molecular flexibility index (Phi) is 7.28. The summed E-state index contributed by atoms with van der Waals surface area (Å²) >= 11 is 6.52. The Morgan fingerprint density at radius 3 is 2.46 bits per heavy atom. The minimum atomic E-state index is -0.428. The maximum absolute atomic E-state index is 13.5. The van der Waals surface area contributed by atoms with Crippen molar-refractivity contribution < 1.29 is 9.18 Å². The van der Waals surface area contributed by atoms with Gasteiger partial charge < -0.3 is 5.32 Å². The number of hydrazine groups is 1. The van der Waals surface area contributed by atoms with Crippen molar-refractivity contribution in [3.8, 4) is 0 Å². The number of para-hydroxylation sites is 1. The number of carbonyl (C=O) groups excluding carboxylic acids is 1. The lowest BCUT2D eigenvalue weighted by Crippen LogP contribution is -2.44. The summed E-state index contributed by atoms with van der Waals surface area (Å²) in [5.41, 5.74) is 8.00. The smallest absolute Gasteiger partial charge is 0.238 e. The van der Waals surface area contributed by atoms with Crippen LogP contribution < -0.4 is 16.2 Å². The van der Waals surface area contributed by atoms with Crippen LogP contribution in [-0.4, -0.2) is 27.2 Å². The van der Waals surface area contributed by atoms with Crippen LogP contribution in [0.25, 0.3) is 0 Å². The lowest BCUT2D eigenvalue weighted by atomic mass is 10.1. The third-order valence-electron chi connectivity index (χ3n) is 3.62. The number of aryl methyl sites for hydroxylation is 2. The number of carbonyl (C=O) groups is 1. The second-order valence-electron chi connectivity index (χ2n) is 5.47. The van der Waals surface area contributed by atoms with Crippen LogP contribution in [0.4, 0.5) is 10.1 Å². The van der Waals surface area contributed by atoms with Gasteiger partial charge in [0.15, 0.2) is 10.3 Å². The van der Waals surface area contributed by atoms with Crippen molar-refractivity contribution in [2.45, 2.75) is 31.8 Å². The van der Waals surface area contributed by atoms with Gasteiger partial charge in [-0.3, -0.25) is 15.6 Å². The highest BCUT2D eigenvalue weighted by Gasteiger charge is 2.11. The van der Waals surface area contributed by atoms with Gasteiger partial charge in [0.1, 0.15) is 5.82 Å². The number of nitrogens with zero attached hydrogens (tertiary/aromatic N) is 2. The van der Waals surface area contributed by atoms with E-state index in [-0.39, 0.29) is 23.1 Å². The fourth-order valence-corrected chi connectivity index (χ4v) is 2.92. The van der Waals surface area contributed by atoms with Crippen LogP contribution in [0.1, 0.15) is 23.4 Å². The van der Waals surface area contributed by atoms with Gasteiger partial charge in [-0.15, -0.1) is 0 Å². The van der Waals surface area contributed by atoms with E-state index in [9.17, 15) is 9.18 Å². The normalized spacial score (nSPS) is 10.3. The Balaban J connectivity index is 1.82. The predicted octanol–water partition coefficient (Wildman–Crippen LogP) is 2.90. The molecule has 1 aromatic carbocycles. The molecular weight excluding hydrogens is 373 g/mol. The van der Waals surface area contributed by atoms with Gasteiger partial charge in [-0.05, 0) is 56.4 Å². The van der Waals surface area contributed by atoms with E-state index in [1.807, 2.05) is 20.1 Å². The number of thiocarbonyl (C=S) groups is 1. The molecule has 0 atom stereocenters. The van der Waals surface area contributed by atoms with E-state index in [1.165, 1.54) is 17.8 Å². The van der Waals surface area contributed by atoms with Crippen molar-refractivity contribution in [2.24, 2.45) is 0 Å². The van der Waals surface area contributed by atoms with E-state index in [4.69, 9.17) is 12.2 Å². The number of rotatable bonds is 5. The van der Waals surface area contributed by atoms with Gasteiger partial charge in [-0.25, -0.2) is 14.4 Å². The number of hydrogen-bond acceptors (Lipinski definition) is 5. The van der Waals surface area contributed by atoms with E-state index in [0.29, 0.717) is 6.42 Å². The highest BCUT2D eigenvalue weighted by atomic mass is 32.2. The quantitative estimate of drug-likeness (QED) is 0.312. The van der Waals surface area contributed by atoms with Crippen molar-refractivity contribution >= 4 is 40.7 Å². The summed E-state index contributed by atoms with van der Waals surface area (Å²) in [6, 6.07) is 6.13. The lowest BCUT2D eigenvalue weighted by molar-refractivity contribution is -0.121. The average Bonchev–Trinajstić information content (AvgIpc) is 2.61. The van der Waals surface area contributed by atoms with Crippen molar-refractivity contribution in [3.05, 3.63) is 47.0 Å². The maximum atomic E-state index is 13.5. The Morgan fingerprint density at radius 1 is 1.19 bits per heavy atom. The lowest BCUT2D eigenvalue weighted by Gasteiger charge is -2.13. The Bertz CT molecular complexity index is 792. The largest absolute Gasteiger partial charge is 0.329 e. The van der Waals surface area contributed by atoms with Gasteiger partial charge in [-0.2, -0.15) is 0 Å². The first-order chi connectivity index (χ1) is 12.4. The van der Waals surface area contributed by atoms with Gasteiger partial charge >= 0.3 is 0 Å². The summed E-state index contributed by atoms with van der Waals surface area (Å²) in [6.07, 6.45) is 2.69. The molecule has 0 spiro atoms. The number of aromatic nitrogens is 2. The minimum absolute atomic E-state index is 0.100. The number of benzene rings is 1. The summed E-state index contributed by atoms with van der Waals surface area (Å²) in [5, 5.41) is 3.50. The molecule has 1 heterocycles.